The minimum absolute atomic E-state index is 0.0607. The molecule has 0 amide bonds. The monoisotopic (exact) mass is 267 g/mol. The van der Waals surface area contributed by atoms with Crippen molar-refractivity contribution in [2.24, 2.45) is 11.3 Å². The molecule has 1 saturated heterocycles. The van der Waals surface area contributed by atoms with Crippen molar-refractivity contribution in [3.8, 4) is 0 Å². The summed E-state index contributed by atoms with van der Waals surface area (Å²) >= 11 is 5.75. The molecule has 0 bridgehead atoms. The quantitative estimate of drug-likeness (QED) is 0.885. The lowest BCUT2D eigenvalue weighted by Gasteiger charge is -2.40. The van der Waals surface area contributed by atoms with E-state index in [2.05, 4.69) is 9.97 Å². The van der Waals surface area contributed by atoms with Gasteiger partial charge in [0.25, 0.3) is 0 Å². The van der Waals surface area contributed by atoms with E-state index < -0.39 is 5.97 Å². The minimum Gasteiger partial charge on any atom is -0.481 e. The van der Waals surface area contributed by atoms with Crippen molar-refractivity contribution < 1.29 is 9.90 Å². The fourth-order valence-corrected chi connectivity index (χ4v) is 3.17. The summed E-state index contributed by atoms with van der Waals surface area (Å²) in [5, 5.41) is 9.83. The Morgan fingerprint density at radius 3 is 2.56 bits per heavy atom. The van der Waals surface area contributed by atoms with Crippen LogP contribution in [0.5, 0.6) is 0 Å². The van der Waals surface area contributed by atoms with Gasteiger partial charge < -0.3 is 10.0 Å². The van der Waals surface area contributed by atoms with Crippen LogP contribution in [0.3, 0.4) is 0 Å². The molecule has 1 aromatic heterocycles. The molecule has 0 radical (unpaired) electrons. The number of anilines is 1. The number of nitrogens with zero attached hydrogens (tertiary/aromatic N) is 3. The lowest BCUT2D eigenvalue weighted by atomic mass is 9.63. The molecule has 6 heteroatoms. The van der Waals surface area contributed by atoms with Crippen molar-refractivity contribution in [1.29, 1.82) is 0 Å². The van der Waals surface area contributed by atoms with Crippen molar-refractivity contribution >= 4 is 23.5 Å². The van der Waals surface area contributed by atoms with E-state index in [1.165, 1.54) is 0 Å². The maximum absolute atomic E-state index is 11.4. The third-order valence-electron chi connectivity index (χ3n) is 4.18. The molecule has 3 rings (SSSR count). The first kappa shape index (κ1) is 11.7. The summed E-state index contributed by atoms with van der Waals surface area (Å²) in [5.41, 5.74) is -0.0607. The molecule has 18 heavy (non-hydrogen) atoms. The Morgan fingerprint density at radius 1 is 1.44 bits per heavy atom. The maximum Gasteiger partial charge on any atom is 0.308 e. The molecule has 1 aliphatic carbocycles. The highest BCUT2D eigenvalue weighted by Crippen LogP contribution is 2.52. The predicted octanol–water partition coefficient (Wildman–Crippen LogP) is 1.82. The number of carboxylic acids is 1. The molecular formula is C12H14ClN3O2. The normalized spacial score (nSPS) is 25.2. The predicted molar refractivity (Wildman–Crippen MR) is 66.7 cm³/mol. The van der Waals surface area contributed by atoms with Gasteiger partial charge >= 0.3 is 5.97 Å². The molecule has 1 spiro atoms. The Kier molecular flexibility index (Phi) is 2.66. The van der Waals surface area contributed by atoms with Gasteiger partial charge in [0.05, 0.1) is 23.3 Å². The van der Waals surface area contributed by atoms with Gasteiger partial charge in [-0.05, 0) is 12.8 Å². The molecule has 0 unspecified atom stereocenters. The molecule has 1 aromatic rings. The van der Waals surface area contributed by atoms with Crippen LogP contribution >= 0.6 is 11.6 Å². The van der Waals surface area contributed by atoms with E-state index in [0.29, 0.717) is 17.5 Å². The summed E-state index contributed by atoms with van der Waals surface area (Å²) in [6.07, 6.45) is 6.21. The van der Waals surface area contributed by atoms with E-state index in [-0.39, 0.29) is 11.3 Å². The van der Waals surface area contributed by atoms with Crippen LogP contribution in [0.1, 0.15) is 19.3 Å². The molecule has 1 N–H and O–H groups in total. The van der Waals surface area contributed by atoms with Crippen molar-refractivity contribution in [2.75, 3.05) is 18.0 Å². The molecular weight excluding hydrogens is 254 g/mol. The van der Waals surface area contributed by atoms with Crippen LogP contribution in [0.2, 0.25) is 5.02 Å². The second-order valence-electron chi connectivity index (χ2n) is 5.19. The topological polar surface area (TPSA) is 66.3 Å². The lowest BCUT2D eigenvalue weighted by molar-refractivity contribution is -0.146. The van der Waals surface area contributed by atoms with Crippen LogP contribution in [-0.4, -0.2) is 34.1 Å². The van der Waals surface area contributed by atoms with Crippen molar-refractivity contribution in [3.05, 3.63) is 17.4 Å². The lowest BCUT2D eigenvalue weighted by Crippen LogP contribution is -2.40. The minimum atomic E-state index is -0.703. The molecule has 2 aliphatic rings. The van der Waals surface area contributed by atoms with Gasteiger partial charge in [0.15, 0.2) is 0 Å². The smallest absolute Gasteiger partial charge is 0.308 e. The zero-order valence-electron chi connectivity index (χ0n) is 9.84. The average Bonchev–Trinajstić information content (AvgIpc) is 2.70. The molecule has 2 fully saturated rings. The van der Waals surface area contributed by atoms with E-state index in [0.717, 1.165) is 25.8 Å². The standard InChI is InChI=1S/C12H14ClN3O2/c13-8-4-14-11(15-5-8)16-6-9(10(17)18)12(7-16)2-1-3-12/h4-5,9H,1-3,6-7H2,(H,17,18)/t9-/m0/s1. The number of aromatic nitrogens is 2. The van der Waals surface area contributed by atoms with Crippen molar-refractivity contribution in [1.82, 2.24) is 9.97 Å². The highest BCUT2D eigenvalue weighted by molar-refractivity contribution is 6.30. The third-order valence-corrected chi connectivity index (χ3v) is 4.38. The van der Waals surface area contributed by atoms with Crippen LogP contribution in [0.15, 0.2) is 12.4 Å². The van der Waals surface area contributed by atoms with Gasteiger partial charge in [-0.15, -0.1) is 0 Å². The van der Waals surface area contributed by atoms with Crippen LogP contribution in [0, 0.1) is 11.3 Å². The average molecular weight is 268 g/mol. The number of rotatable bonds is 2. The highest BCUT2D eigenvalue weighted by atomic mass is 35.5. The summed E-state index contributed by atoms with van der Waals surface area (Å²) in [4.78, 5) is 21.7. The first-order chi connectivity index (χ1) is 8.61. The number of hydrogen-bond acceptors (Lipinski definition) is 4. The van der Waals surface area contributed by atoms with Gasteiger partial charge in [-0.25, -0.2) is 9.97 Å². The molecule has 5 nitrogen and oxygen atoms in total. The summed E-state index contributed by atoms with van der Waals surface area (Å²) in [6, 6.07) is 0. The molecule has 0 aromatic carbocycles. The van der Waals surface area contributed by atoms with E-state index in [1.807, 2.05) is 4.90 Å². The summed E-state index contributed by atoms with van der Waals surface area (Å²) < 4.78 is 0. The number of halogens is 1. The third kappa shape index (κ3) is 1.73. The Hall–Kier alpha value is -1.36. The first-order valence-corrected chi connectivity index (χ1v) is 6.44. The van der Waals surface area contributed by atoms with E-state index in [9.17, 15) is 9.90 Å². The van der Waals surface area contributed by atoms with Gasteiger partial charge in [0, 0.05) is 18.5 Å². The van der Waals surface area contributed by atoms with Crippen molar-refractivity contribution in [3.63, 3.8) is 0 Å². The van der Waals surface area contributed by atoms with Crippen LogP contribution in [0.25, 0.3) is 0 Å². The number of aliphatic carboxylic acids is 1. The molecule has 1 atom stereocenters. The second kappa shape index (κ2) is 4.09. The highest BCUT2D eigenvalue weighted by Gasteiger charge is 2.54. The molecule has 2 heterocycles. The fourth-order valence-electron chi connectivity index (χ4n) is 3.07. The zero-order chi connectivity index (χ0) is 12.8. The largest absolute Gasteiger partial charge is 0.481 e. The summed E-state index contributed by atoms with van der Waals surface area (Å²) in [7, 11) is 0. The molecule has 1 saturated carbocycles. The zero-order valence-corrected chi connectivity index (χ0v) is 10.6. The Labute approximate surface area is 110 Å². The number of carboxylic acid groups (broad SMARTS) is 1. The molecule has 96 valence electrons. The van der Waals surface area contributed by atoms with Gasteiger partial charge in [-0.1, -0.05) is 18.0 Å². The van der Waals surface area contributed by atoms with E-state index in [1.54, 1.807) is 12.4 Å². The SMILES string of the molecule is O=C(O)[C@@H]1CN(c2ncc(Cl)cn2)CC12CCC2. The summed E-state index contributed by atoms with van der Waals surface area (Å²) in [5.74, 6) is -0.425. The van der Waals surface area contributed by atoms with Gasteiger partial charge in [0.2, 0.25) is 5.95 Å². The van der Waals surface area contributed by atoms with Gasteiger partial charge in [-0.2, -0.15) is 0 Å². The van der Waals surface area contributed by atoms with Crippen LogP contribution in [-0.2, 0) is 4.79 Å². The first-order valence-electron chi connectivity index (χ1n) is 6.06. The van der Waals surface area contributed by atoms with Crippen LogP contribution in [0.4, 0.5) is 5.95 Å². The number of carbonyl (C=O) groups is 1. The molecule has 1 aliphatic heterocycles. The summed E-state index contributed by atoms with van der Waals surface area (Å²) in [6.45, 7) is 1.24. The fraction of sp³-hybridized carbons (Fsp3) is 0.583. The maximum atomic E-state index is 11.4. The van der Waals surface area contributed by atoms with E-state index in [4.69, 9.17) is 11.6 Å². The van der Waals surface area contributed by atoms with Gasteiger partial charge in [-0.3, -0.25) is 4.79 Å². The Balaban J connectivity index is 1.84. The second-order valence-corrected chi connectivity index (χ2v) is 5.62. The Morgan fingerprint density at radius 2 is 2.11 bits per heavy atom. The Bertz CT molecular complexity index is 473. The van der Waals surface area contributed by atoms with E-state index >= 15 is 0 Å². The van der Waals surface area contributed by atoms with Crippen LogP contribution < -0.4 is 4.90 Å². The van der Waals surface area contributed by atoms with Gasteiger partial charge in [0.1, 0.15) is 0 Å². The van der Waals surface area contributed by atoms with Crippen molar-refractivity contribution in [2.45, 2.75) is 19.3 Å². The number of hydrogen-bond donors (Lipinski definition) is 1.